The Labute approximate surface area is 123 Å². The van der Waals surface area contributed by atoms with Crippen LogP contribution in [0, 0.1) is 28.6 Å². The van der Waals surface area contributed by atoms with Gasteiger partial charge in [0.25, 0.3) is 0 Å². The quantitative estimate of drug-likeness (QED) is 0.654. The molecule has 0 amide bonds. The molecule has 0 radical (unpaired) electrons. The average Bonchev–Trinajstić information content (AvgIpc) is 2.80. The summed E-state index contributed by atoms with van der Waals surface area (Å²) in [4.78, 5) is 0. The minimum absolute atomic E-state index is 0.0810. The molecule has 0 aromatic rings. The summed E-state index contributed by atoms with van der Waals surface area (Å²) >= 11 is 0. The third-order valence-electron chi connectivity index (χ3n) is 7.73. The molecule has 0 aromatic carbocycles. The molecule has 0 N–H and O–H groups in total. The first kappa shape index (κ1) is 13.6. The number of hydrogen-bond acceptors (Lipinski definition) is 2. The Kier molecular flexibility index (Phi) is 2.35. The Bertz CT molecular complexity index is 454. The summed E-state index contributed by atoms with van der Waals surface area (Å²) in [6.45, 7) is 14.0. The molecule has 3 saturated carbocycles. The Balaban J connectivity index is 1.82. The van der Waals surface area contributed by atoms with Crippen molar-refractivity contribution >= 4 is 0 Å². The van der Waals surface area contributed by atoms with Crippen LogP contribution in [0.15, 0.2) is 0 Å². The molecule has 2 nitrogen and oxygen atoms in total. The molecule has 3 aliphatic carbocycles. The lowest BCUT2D eigenvalue weighted by Gasteiger charge is -2.47. The van der Waals surface area contributed by atoms with Crippen LogP contribution in [-0.4, -0.2) is 17.5 Å². The van der Waals surface area contributed by atoms with Crippen LogP contribution in [0.1, 0.15) is 67.2 Å². The van der Waals surface area contributed by atoms with E-state index in [4.69, 9.17) is 9.47 Å². The van der Waals surface area contributed by atoms with Crippen LogP contribution in [0.2, 0.25) is 0 Å². The van der Waals surface area contributed by atoms with Crippen molar-refractivity contribution in [2.75, 3.05) is 0 Å². The van der Waals surface area contributed by atoms with E-state index in [1.165, 1.54) is 25.7 Å². The zero-order chi connectivity index (χ0) is 14.6. The largest absolute Gasteiger partial charge is 0.344 e. The monoisotopic (exact) mass is 278 g/mol. The molecular formula is C18H30O2. The lowest BCUT2D eigenvalue weighted by atomic mass is 9.63. The predicted molar refractivity (Wildman–Crippen MR) is 79.3 cm³/mol. The Morgan fingerprint density at radius 3 is 2.30 bits per heavy atom. The van der Waals surface area contributed by atoms with Crippen molar-refractivity contribution in [1.29, 1.82) is 0 Å². The summed E-state index contributed by atoms with van der Waals surface area (Å²) < 4.78 is 12.8. The SMILES string of the molecule is CC1CCC2C(C)(C)C3CC12CC1OC(C)(C)OC13C. The first-order valence-electron chi connectivity index (χ1n) is 8.50. The summed E-state index contributed by atoms with van der Waals surface area (Å²) in [5, 5.41) is 0. The summed E-state index contributed by atoms with van der Waals surface area (Å²) in [6, 6.07) is 0. The lowest BCUT2D eigenvalue weighted by molar-refractivity contribution is -0.177. The molecule has 6 atom stereocenters. The van der Waals surface area contributed by atoms with E-state index in [9.17, 15) is 0 Å². The molecule has 1 aliphatic heterocycles. The molecule has 20 heavy (non-hydrogen) atoms. The van der Waals surface area contributed by atoms with Gasteiger partial charge in [-0.1, -0.05) is 20.8 Å². The fourth-order valence-corrected chi connectivity index (χ4v) is 7.01. The normalized spacial score (nSPS) is 58.5. The van der Waals surface area contributed by atoms with Crippen molar-refractivity contribution in [3.63, 3.8) is 0 Å². The van der Waals surface area contributed by atoms with E-state index < -0.39 is 5.79 Å². The highest BCUT2D eigenvalue weighted by molar-refractivity contribution is 5.21. The third kappa shape index (κ3) is 1.34. The van der Waals surface area contributed by atoms with Gasteiger partial charge in [0.2, 0.25) is 0 Å². The molecule has 4 rings (SSSR count). The molecule has 6 unspecified atom stereocenters. The van der Waals surface area contributed by atoms with Crippen molar-refractivity contribution in [2.24, 2.45) is 28.6 Å². The van der Waals surface area contributed by atoms with Crippen molar-refractivity contribution in [1.82, 2.24) is 0 Å². The van der Waals surface area contributed by atoms with E-state index in [0.717, 1.165) is 11.8 Å². The Hall–Kier alpha value is -0.0800. The van der Waals surface area contributed by atoms with Crippen LogP contribution in [-0.2, 0) is 9.47 Å². The van der Waals surface area contributed by atoms with Crippen molar-refractivity contribution in [2.45, 2.75) is 84.7 Å². The smallest absolute Gasteiger partial charge is 0.164 e. The predicted octanol–water partition coefficient (Wildman–Crippen LogP) is 4.38. The van der Waals surface area contributed by atoms with Gasteiger partial charge in [-0.2, -0.15) is 0 Å². The van der Waals surface area contributed by atoms with Gasteiger partial charge < -0.3 is 9.47 Å². The van der Waals surface area contributed by atoms with Crippen LogP contribution in [0.5, 0.6) is 0 Å². The van der Waals surface area contributed by atoms with Crippen LogP contribution in [0.25, 0.3) is 0 Å². The number of rotatable bonds is 0. The zero-order valence-corrected chi connectivity index (χ0v) is 14.0. The van der Waals surface area contributed by atoms with Gasteiger partial charge in [-0.3, -0.25) is 0 Å². The van der Waals surface area contributed by atoms with E-state index in [2.05, 4.69) is 41.5 Å². The summed E-state index contributed by atoms with van der Waals surface area (Å²) in [5.41, 5.74) is 0.836. The fraction of sp³-hybridized carbons (Fsp3) is 1.00. The number of hydrogen-bond donors (Lipinski definition) is 0. The maximum atomic E-state index is 6.48. The van der Waals surface area contributed by atoms with Gasteiger partial charge in [-0.05, 0) is 75.0 Å². The van der Waals surface area contributed by atoms with Crippen LogP contribution in [0.3, 0.4) is 0 Å². The lowest BCUT2D eigenvalue weighted by Crippen LogP contribution is -2.52. The summed E-state index contributed by atoms with van der Waals surface area (Å²) in [6.07, 6.45) is 5.70. The molecule has 4 aliphatic rings. The molecule has 2 heteroatoms. The topological polar surface area (TPSA) is 18.5 Å². The van der Waals surface area contributed by atoms with Crippen molar-refractivity contribution in [3.05, 3.63) is 0 Å². The molecule has 1 heterocycles. The number of ether oxygens (including phenoxy) is 2. The van der Waals surface area contributed by atoms with Gasteiger partial charge in [-0.15, -0.1) is 0 Å². The number of fused-ring (bicyclic) bond motifs is 3. The van der Waals surface area contributed by atoms with Crippen LogP contribution >= 0.6 is 0 Å². The van der Waals surface area contributed by atoms with E-state index >= 15 is 0 Å². The van der Waals surface area contributed by atoms with Gasteiger partial charge in [0.15, 0.2) is 5.79 Å². The summed E-state index contributed by atoms with van der Waals surface area (Å²) in [7, 11) is 0. The second kappa shape index (κ2) is 3.46. The minimum atomic E-state index is -0.409. The Morgan fingerprint density at radius 2 is 1.60 bits per heavy atom. The van der Waals surface area contributed by atoms with Gasteiger partial charge >= 0.3 is 0 Å². The minimum Gasteiger partial charge on any atom is -0.344 e. The fourth-order valence-electron chi connectivity index (χ4n) is 7.01. The molecular weight excluding hydrogens is 248 g/mol. The molecule has 1 saturated heterocycles. The molecule has 1 spiro atoms. The first-order chi connectivity index (χ1) is 9.12. The van der Waals surface area contributed by atoms with E-state index in [-0.39, 0.29) is 5.60 Å². The maximum Gasteiger partial charge on any atom is 0.164 e. The Morgan fingerprint density at radius 1 is 0.900 bits per heavy atom. The molecule has 2 bridgehead atoms. The van der Waals surface area contributed by atoms with Crippen LogP contribution in [0.4, 0.5) is 0 Å². The third-order valence-corrected chi connectivity index (χ3v) is 7.73. The van der Waals surface area contributed by atoms with Crippen molar-refractivity contribution < 1.29 is 9.47 Å². The maximum absolute atomic E-state index is 6.48. The second-order valence-corrected chi connectivity index (χ2v) is 9.34. The highest BCUT2D eigenvalue weighted by Gasteiger charge is 2.73. The van der Waals surface area contributed by atoms with E-state index in [1.807, 2.05) is 0 Å². The van der Waals surface area contributed by atoms with E-state index in [0.29, 0.717) is 22.9 Å². The average molecular weight is 278 g/mol. The van der Waals surface area contributed by atoms with Gasteiger partial charge in [-0.25, -0.2) is 0 Å². The molecule has 4 fully saturated rings. The van der Waals surface area contributed by atoms with Crippen molar-refractivity contribution in [3.8, 4) is 0 Å². The molecule has 0 aromatic heterocycles. The highest BCUT2D eigenvalue weighted by Crippen LogP contribution is 2.75. The van der Waals surface area contributed by atoms with Gasteiger partial charge in [0.1, 0.15) is 0 Å². The first-order valence-corrected chi connectivity index (χ1v) is 8.50. The standard InChI is InChI=1S/C18H30O2/c1-11-7-8-12-15(2,3)13-9-18(11,12)10-14-17(13,6)20-16(4,5)19-14/h11-14H,7-10H2,1-6H3. The second-order valence-electron chi connectivity index (χ2n) is 9.34. The highest BCUT2D eigenvalue weighted by atomic mass is 16.8. The van der Waals surface area contributed by atoms with Gasteiger partial charge in [0.05, 0.1) is 11.7 Å². The van der Waals surface area contributed by atoms with E-state index in [1.54, 1.807) is 0 Å². The zero-order valence-electron chi connectivity index (χ0n) is 14.0. The van der Waals surface area contributed by atoms with Crippen LogP contribution < -0.4 is 0 Å². The summed E-state index contributed by atoms with van der Waals surface area (Å²) in [5.74, 6) is 1.96. The van der Waals surface area contributed by atoms with Gasteiger partial charge in [0, 0.05) is 0 Å². The molecule has 114 valence electrons.